The van der Waals surface area contributed by atoms with Crippen LogP contribution in [0.15, 0.2) is 36.4 Å². The molecule has 1 saturated carbocycles. The number of amides is 1. The molecule has 4 rings (SSSR count). The van der Waals surface area contributed by atoms with Crippen molar-refractivity contribution in [2.45, 2.75) is 44.6 Å². The molecule has 2 aliphatic rings. The molecule has 1 amide bonds. The molecule has 1 saturated heterocycles. The van der Waals surface area contributed by atoms with E-state index in [-0.39, 0.29) is 24.1 Å². The van der Waals surface area contributed by atoms with Crippen molar-refractivity contribution in [3.05, 3.63) is 52.1 Å². The lowest BCUT2D eigenvalue weighted by molar-refractivity contribution is -0.384. The summed E-state index contributed by atoms with van der Waals surface area (Å²) in [6, 6.07) is 9.95. The summed E-state index contributed by atoms with van der Waals surface area (Å²) in [6.45, 7) is 2.58. The first-order chi connectivity index (χ1) is 15.1. The zero-order valence-corrected chi connectivity index (χ0v) is 17.5. The maximum atomic E-state index is 12.6. The number of anilines is 1. The van der Waals surface area contributed by atoms with Gasteiger partial charge in [0.1, 0.15) is 6.10 Å². The number of carbonyl (C=O) groups excluding carboxylic acids is 1. The van der Waals surface area contributed by atoms with Crippen LogP contribution in [0.4, 0.5) is 11.5 Å². The molecule has 2 aromatic rings. The van der Waals surface area contributed by atoms with Crippen molar-refractivity contribution in [1.82, 2.24) is 15.1 Å². The topological polar surface area (TPSA) is 102 Å². The number of nitrogens with zero attached hydrogens (tertiary/aromatic N) is 5. The number of aromatic nitrogens is 2. The van der Waals surface area contributed by atoms with Gasteiger partial charge in [-0.1, -0.05) is 18.6 Å². The van der Waals surface area contributed by atoms with E-state index in [0.717, 1.165) is 24.2 Å². The zero-order chi connectivity index (χ0) is 21.6. The minimum atomic E-state index is -0.442. The highest BCUT2D eigenvalue weighted by Crippen LogP contribution is 2.23. The average Bonchev–Trinajstić information content (AvgIpc) is 2.81. The smallest absolute Gasteiger partial charge is 0.269 e. The van der Waals surface area contributed by atoms with E-state index in [1.807, 2.05) is 17.0 Å². The van der Waals surface area contributed by atoms with E-state index in [0.29, 0.717) is 32.1 Å². The Kier molecular flexibility index (Phi) is 6.59. The molecule has 0 unspecified atom stereocenters. The van der Waals surface area contributed by atoms with Gasteiger partial charge in [-0.2, -0.15) is 0 Å². The number of rotatable bonds is 6. The predicted molar refractivity (Wildman–Crippen MR) is 115 cm³/mol. The van der Waals surface area contributed by atoms with E-state index >= 15 is 0 Å². The number of carbonyl (C=O) groups is 1. The summed E-state index contributed by atoms with van der Waals surface area (Å²) < 4.78 is 5.94. The van der Waals surface area contributed by atoms with Gasteiger partial charge in [-0.3, -0.25) is 14.9 Å². The van der Waals surface area contributed by atoms with E-state index in [2.05, 4.69) is 15.1 Å². The molecule has 31 heavy (non-hydrogen) atoms. The van der Waals surface area contributed by atoms with E-state index in [1.165, 1.54) is 31.4 Å². The summed E-state index contributed by atoms with van der Waals surface area (Å²) >= 11 is 0. The number of nitro groups is 1. The molecule has 1 aromatic carbocycles. The molecule has 2 fully saturated rings. The number of piperazine rings is 1. The van der Waals surface area contributed by atoms with Crippen LogP contribution in [0.25, 0.3) is 0 Å². The normalized spacial score (nSPS) is 17.4. The zero-order valence-electron chi connectivity index (χ0n) is 17.5. The summed E-state index contributed by atoms with van der Waals surface area (Å²) in [5.41, 5.74) is 0.804. The highest BCUT2D eigenvalue weighted by atomic mass is 16.6. The van der Waals surface area contributed by atoms with Crippen LogP contribution in [0.1, 0.15) is 37.7 Å². The fourth-order valence-electron chi connectivity index (χ4n) is 4.11. The lowest BCUT2D eigenvalue weighted by Gasteiger charge is -2.35. The number of non-ortho nitro benzene ring substituents is 1. The van der Waals surface area contributed by atoms with E-state index in [9.17, 15) is 14.9 Å². The second kappa shape index (κ2) is 9.72. The van der Waals surface area contributed by atoms with Gasteiger partial charge in [-0.05, 0) is 37.3 Å². The first-order valence-corrected chi connectivity index (χ1v) is 10.8. The highest BCUT2D eigenvalue weighted by molar-refractivity contribution is 5.79. The highest BCUT2D eigenvalue weighted by Gasteiger charge is 2.23. The monoisotopic (exact) mass is 425 g/mol. The number of ether oxygens (including phenoxy) is 1. The second-order valence-electron chi connectivity index (χ2n) is 8.08. The van der Waals surface area contributed by atoms with Gasteiger partial charge in [0.25, 0.3) is 5.69 Å². The van der Waals surface area contributed by atoms with Crippen molar-refractivity contribution >= 4 is 17.4 Å². The van der Waals surface area contributed by atoms with Crippen LogP contribution in [-0.2, 0) is 11.2 Å². The van der Waals surface area contributed by atoms with Gasteiger partial charge in [0.05, 0.1) is 11.3 Å². The molecule has 2 heterocycles. The van der Waals surface area contributed by atoms with Crippen LogP contribution in [0.2, 0.25) is 0 Å². The van der Waals surface area contributed by atoms with Crippen molar-refractivity contribution in [1.29, 1.82) is 0 Å². The SMILES string of the molecule is O=C(Cc1ccc([N+](=O)[O-])cc1)N1CCN(c2ccc(OC3CCCCC3)nn2)CC1. The molecule has 0 spiro atoms. The molecule has 1 aromatic heterocycles. The van der Waals surface area contributed by atoms with Crippen LogP contribution in [0.3, 0.4) is 0 Å². The van der Waals surface area contributed by atoms with Gasteiger partial charge in [0, 0.05) is 44.4 Å². The number of hydrogen-bond donors (Lipinski definition) is 0. The molecule has 1 aliphatic heterocycles. The molecular weight excluding hydrogens is 398 g/mol. The molecule has 9 heteroatoms. The van der Waals surface area contributed by atoms with Crippen LogP contribution >= 0.6 is 0 Å². The Bertz CT molecular complexity index is 889. The minimum Gasteiger partial charge on any atom is -0.473 e. The first kappa shape index (κ1) is 21.0. The van der Waals surface area contributed by atoms with Gasteiger partial charge < -0.3 is 14.5 Å². The minimum absolute atomic E-state index is 0.0239. The summed E-state index contributed by atoms with van der Waals surface area (Å²) in [5.74, 6) is 1.39. The molecule has 0 bridgehead atoms. The molecular formula is C22H27N5O4. The van der Waals surface area contributed by atoms with Gasteiger partial charge in [0.2, 0.25) is 11.8 Å². The summed E-state index contributed by atoms with van der Waals surface area (Å²) in [6.07, 6.45) is 6.36. The number of hydrogen-bond acceptors (Lipinski definition) is 7. The fourth-order valence-corrected chi connectivity index (χ4v) is 4.11. The Morgan fingerprint density at radius 1 is 1.00 bits per heavy atom. The first-order valence-electron chi connectivity index (χ1n) is 10.8. The third kappa shape index (κ3) is 5.48. The summed E-state index contributed by atoms with van der Waals surface area (Å²) in [7, 11) is 0. The van der Waals surface area contributed by atoms with E-state index in [1.54, 1.807) is 12.1 Å². The van der Waals surface area contributed by atoms with Crippen LogP contribution in [-0.4, -0.2) is 58.2 Å². The molecule has 0 radical (unpaired) electrons. The lowest BCUT2D eigenvalue weighted by atomic mass is 9.98. The van der Waals surface area contributed by atoms with Gasteiger partial charge in [0.15, 0.2) is 5.82 Å². The van der Waals surface area contributed by atoms with E-state index in [4.69, 9.17) is 4.74 Å². The van der Waals surface area contributed by atoms with Crippen molar-refractivity contribution in [2.24, 2.45) is 0 Å². The predicted octanol–water partition coefficient (Wildman–Crippen LogP) is 2.99. The second-order valence-corrected chi connectivity index (χ2v) is 8.08. The van der Waals surface area contributed by atoms with E-state index < -0.39 is 4.92 Å². The Hall–Kier alpha value is -3.23. The van der Waals surface area contributed by atoms with Gasteiger partial charge in [-0.25, -0.2) is 0 Å². The molecule has 164 valence electrons. The molecule has 0 atom stereocenters. The number of benzene rings is 1. The van der Waals surface area contributed by atoms with Crippen molar-refractivity contribution in [3.63, 3.8) is 0 Å². The number of nitro benzene ring substituents is 1. The fraction of sp³-hybridized carbons (Fsp3) is 0.500. The Balaban J connectivity index is 1.26. The van der Waals surface area contributed by atoms with Crippen LogP contribution < -0.4 is 9.64 Å². The lowest BCUT2D eigenvalue weighted by Crippen LogP contribution is -2.49. The standard InChI is InChI=1S/C22H27N5O4/c28-22(16-17-6-8-18(9-7-17)27(29)30)26-14-12-25(13-15-26)20-10-11-21(24-23-20)31-19-4-2-1-3-5-19/h6-11,19H,1-5,12-16H2. The molecule has 1 aliphatic carbocycles. The molecule has 9 nitrogen and oxygen atoms in total. The Morgan fingerprint density at radius 3 is 2.32 bits per heavy atom. The maximum Gasteiger partial charge on any atom is 0.269 e. The third-order valence-electron chi connectivity index (χ3n) is 5.92. The quantitative estimate of drug-likeness (QED) is 0.518. The van der Waals surface area contributed by atoms with Gasteiger partial charge >= 0.3 is 0 Å². The largest absolute Gasteiger partial charge is 0.473 e. The van der Waals surface area contributed by atoms with Gasteiger partial charge in [-0.15, -0.1) is 10.2 Å². The average molecular weight is 425 g/mol. The summed E-state index contributed by atoms with van der Waals surface area (Å²) in [5, 5.41) is 19.3. The van der Waals surface area contributed by atoms with Crippen molar-refractivity contribution in [3.8, 4) is 5.88 Å². The van der Waals surface area contributed by atoms with Crippen molar-refractivity contribution < 1.29 is 14.5 Å². The molecule has 0 N–H and O–H groups in total. The maximum absolute atomic E-state index is 12.6. The Labute approximate surface area is 181 Å². The van der Waals surface area contributed by atoms with Crippen LogP contribution in [0, 0.1) is 10.1 Å². The van der Waals surface area contributed by atoms with Crippen molar-refractivity contribution in [2.75, 3.05) is 31.1 Å². The third-order valence-corrected chi connectivity index (χ3v) is 5.92. The summed E-state index contributed by atoms with van der Waals surface area (Å²) in [4.78, 5) is 26.8. The Morgan fingerprint density at radius 2 is 1.71 bits per heavy atom. The van der Waals surface area contributed by atoms with Crippen LogP contribution in [0.5, 0.6) is 5.88 Å².